The van der Waals surface area contributed by atoms with Crippen molar-refractivity contribution in [3.8, 4) is 0 Å². The van der Waals surface area contributed by atoms with Crippen molar-refractivity contribution in [2.45, 2.75) is 37.9 Å². The Morgan fingerprint density at radius 3 is 2.94 bits per heavy atom. The highest BCUT2D eigenvalue weighted by molar-refractivity contribution is 5.73. The quantitative estimate of drug-likeness (QED) is 0.550. The molecule has 0 aliphatic carbocycles. The number of rotatable bonds is 5. The Bertz CT molecular complexity index is 271. The summed E-state index contributed by atoms with van der Waals surface area (Å²) in [4.78, 5) is 11.0. The van der Waals surface area contributed by atoms with Crippen molar-refractivity contribution in [1.82, 2.24) is 5.32 Å². The summed E-state index contributed by atoms with van der Waals surface area (Å²) in [5, 5.41) is 21.5. The molecular formula is C11H19NO5. The molecule has 17 heavy (non-hydrogen) atoms. The van der Waals surface area contributed by atoms with Gasteiger partial charge in [-0.25, -0.2) is 0 Å². The molecule has 1 heterocycles. The average Bonchev–Trinajstić information content (AvgIpc) is 2.29. The molecule has 0 unspecified atom stereocenters. The Kier molecular flexibility index (Phi) is 5.57. The molecule has 3 N–H and O–H groups in total. The number of carbonyl (C=O) groups is 1. The first-order chi connectivity index (χ1) is 8.08. The molecule has 1 fully saturated rings. The summed E-state index contributed by atoms with van der Waals surface area (Å²) in [6.07, 6.45) is -0.263. The number of hydrogen-bond donors (Lipinski definition) is 3. The number of amides is 1. The minimum atomic E-state index is -0.806. The van der Waals surface area contributed by atoms with Gasteiger partial charge in [-0.15, -0.1) is 6.58 Å². The monoisotopic (exact) mass is 245 g/mol. The van der Waals surface area contributed by atoms with Gasteiger partial charge in [-0.2, -0.15) is 0 Å². The van der Waals surface area contributed by atoms with Crippen LogP contribution in [0.15, 0.2) is 12.7 Å². The smallest absolute Gasteiger partial charge is 0.217 e. The molecular weight excluding hydrogens is 226 g/mol. The number of aliphatic hydroxyl groups is 2. The first kappa shape index (κ1) is 14.1. The van der Waals surface area contributed by atoms with Gasteiger partial charge in [-0.1, -0.05) is 6.08 Å². The maximum atomic E-state index is 11.0. The van der Waals surface area contributed by atoms with E-state index in [1.165, 1.54) is 6.92 Å². The molecule has 1 aliphatic heterocycles. The van der Waals surface area contributed by atoms with Gasteiger partial charge in [0.25, 0.3) is 0 Å². The minimum absolute atomic E-state index is 0.197. The maximum absolute atomic E-state index is 11.0. The minimum Gasteiger partial charge on any atom is -0.394 e. The van der Waals surface area contributed by atoms with Crippen molar-refractivity contribution < 1.29 is 24.5 Å². The number of ether oxygens (including phenoxy) is 2. The standard InChI is InChI=1S/C11H19NO5/c1-3-4-16-11-10(12-7(2)14)9(15)5-8(6-13)17-11/h3,8-11,13,15H,1,4-6H2,2H3,(H,12,14)/t8-,9-,10+,11-/m0/s1. The number of carbonyl (C=O) groups excluding carboxylic acids is 1. The third-order valence-corrected chi connectivity index (χ3v) is 2.49. The van der Waals surface area contributed by atoms with Crippen LogP contribution in [0.25, 0.3) is 0 Å². The lowest BCUT2D eigenvalue weighted by Crippen LogP contribution is -2.58. The molecule has 1 saturated heterocycles. The second kappa shape index (κ2) is 6.70. The number of nitrogens with one attached hydrogen (secondary N) is 1. The molecule has 0 spiro atoms. The SMILES string of the molecule is C=CCO[C@H]1O[C@H](CO)C[C@H](O)[C@H]1NC(C)=O. The highest BCUT2D eigenvalue weighted by Crippen LogP contribution is 2.21. The molecule has 0 aromatic heterocycles. The molecule has 1 rings (SSSR count). The zero-order valence-corrected chi connectivity index (χ0v) is 9.83. The zero-order valence-electron chi connectivity index (χ0n) is 9.83. The maximum Gasteiger partial charge on any atom is 0.217 e. The second-order valence-corrected chi connectivity index (χ2v) is 3.96. The molecule has 1 amide bonds. The predicted octanol–water partition coefficient (Wildman–Crippen LogP) is -0.838. The molecule has 6 heteroatoms. The lowest BCUT2D eigenvalue weighted by atomic mass is 10.0. The lowest BCUT2D eigenvalue weighted by Gasteiger charge is -2.38. The summed E-state index contributed by atoms with van der Waals surface area (Å²) in [6.45, 7) is 4.91. The molecule has 1 aliphatic rings. The van der Waals surface area contributed by atoms with E-state index >= 15 is 0 Å². The van der Waals surface area contributed by atoms with Crippen LogP contribution >= 0.6 is 0 Å². The van der Waals surface area contributed by atoms with E-state index in [2.05, 4.69) is 11.9 Å². The first-order valence-electron chi connectivity index (χ1n) is 5.52. The molecule has 0 radical (unpaired) electrons. The third-order valence-electron chi connectivity index (χ3n) is 2.49. The number of aliphatic hydroxyl groups excluding tert-OH is 2. The van der Waals surface area contributed by atoms with Gasteiger partial charge in [-0.3, -0.25) is 4.79 Å². The van der Waals surface area contributed by atoms with E-state index in [-0.39, 0.29) is 25.5 Å². The second-order valence-electron chi connectivity index (χ2n) is 3.96. The van der Waals surface area contributed by atoms with Gasteiger partial charge >= 0.3 is 0 Å². The van der Waals surface area contributed by atoms with Crippen molar-refractivity contribution in [1.29, 1.82) is 0 Å². The van der Waals surface area contributed by atoms with Gasteiger partial charge in [0, 0.05) is 13.3 Å². The Balaban J connectivity index is 2.67. The summed E-state index contributed by atoms with van der Waals surface area (Å²) in [5.74, 6) is -0.271. The summed E-state index contributed by atoms with van der Waals surface area (Å²) >= 11 is 0. The topological polar surface area (TPSA) is 88.0 Å². The summed E-state index contributed by atoms with van der Waals surface area (Å²) in [7, 11) is 0. The van der Waals surface area contributed by atoms with E-state index < -0.39 is 24.5 Å². The molecule has 4 atom stereocenters. The first-order valence-corrected chi connectivity index (χ1v) is 5.52. The largest absolute Gasteiger partial charge is 0.394 e. The van der Waals surface area contributed by atoms with Gasteiger partial charge in [0.2, 0.25) is 5.91 Å². The lowest BCUT2D eigenvalue weighted by molar-refractivity contribution is -0.232. The molecule has 6 nitrogen and oxygen atoms in total. The van der Waals surface area contributed by atoms with Crippen LogP contribution in [-0.2, 0) is 14.3 Å². The number of hydrogen-bond acceptors (Lipinski definition) is 5. The van der Waals surface area contributed by atoms with Crippen LogP contribution < -0.4 is 5.32 Å². The fourth-order valence-electron chi connectivity index (χ4n) is 1.75. The van der Waals surface area contributed by atoms with E-state index in [0.717, 1.165) is 0 Å². The van der Waals surface area contributed by atoms with Crippen LogP contribution in [0.5, 0.6) is 0 Å². The van der Waals surface area contributed by atoms with E-state index in [0.29, 0.717) is 0 Å². The molecule has 0 aromatic rings. The Hall–Kier alpha value is -0.950. The molecule has 0 aromatic carbocycles. The highest BCUT2D eigenvalue weighted by atomic mass is 16.7. The van der Waals surface area contributed by atoms with Gasteiger partial charge in [0.05, 0.1) is 25.4 Å². The Morgan fingerprint density at radius 1 is 1.71 bits per heavy atom. The Morgan fingerprint density at radius 2 is 2.41 bits per heavy atom. The fraction of sp³-hybridized carbons (Fsp3) is 0.727. The van der Waals surface area contributed by atoms with Crippen molar-refractivity contribution in [3.63, 3.8) is 0 Å². The molecule has 0 bridgehead atoms. The molecule has 98 valence electrons. The average molecular weight is 245 g/mol. The van der Waals surface area contributed by atoms with E-state index in [1.807, 2.05) is 0 Å². The zero-order chi connectivity index (χ0) is 12.8. The summed E-state index contributed by atoms with van der Waals surface area (Å²) in [6, 6.07) is -0.629. The van der Waals surface area contributed by atoms with Crippen LogP contribution in [0, 0.1) is 0 Å². The predicted molar refractivity (Wildman–Crippen MR) is 60.1 cm³/mol. The van der Waals surface area contributed by atoms with Crippen molar-refractivity contribution in [2.24, 2.45) is 0 Å². The third kappa shape index (κ3) is 4.08. The van der Waals surface area contributed by atoms with E-state index in [1.54, 1.807) is 6.08 Å². The van der Waals surface area contributed by atoms with Crippen LogP contribution in [0.4, 0.5) is 0 Å². The van der Waals surface area contributed by atoms with Crippen molar-refractivity contribution >= 4 is 5.91 Å². The summed E-state index contributed by atoms with van der Waals surface area (Å²) in [5.41, 5.74) is 0. The van der Waals surface area contributed by atoms with Gasteiger partial charge in [0.1, 0.15) is 6.04 Å². The van der Waals surface area contributed by atoms with Crippen LogP contribution in [0.3, 0.4) is 0 Å². The van der Waals surface area contributed by atoms with Gasteiger partial charge in [-0.05, 0) is 0 Å². The van der Waals surface area contributed by atoms with Crippen LogP contribution in [-0.4, -0.2) is 53.9 Å². The van der Waals surface area contributed by atoms with Crippen molar-refractivity contribution in [3.05, 3.63) is 12.7 Å². The summed E-state index contributed by atoms with van der Waals surface area (Å²) < 4.78 is 10.7. The Labute approximate surface area is 100 Å². The van der Waals surface area contributed by atoms with Gasteiger partial charge in [0.15, 0.2) is 6.29 Å². The highest BCUT2D eigenvalue weighted by Gasteiger charge is 2.38. The molecule has 0 saturated carbocycles. The van der Waals surface area contributed by atoms with E-state index in [4.69, 9.17) is 14.6 Å². The van der Waals surface area contributed by atoms with Crippen molar-refractivity contribution in [2.75, 3.05) is 13.2 Å². The van der Waals surface area contributed by atoms with Crippen LogP contribution in [0.1, 0.15) is 13.3 Å². The fourth-order valence-corrected chi connectivity index (χ4v) is 1.75. The normalized spacial score (nSPS) is 33.1. The van der Waals surface area contributed by atoms with Gasteiger partial charge < -0.3 is 25.0 Å². The van der Waals surface area contributed by atoms with E-state index in [9.17, 15) is 9.90 Å². The van der Waals surface area contributed by atoms with Crippen LogP contribution in [0.2, 0.25) is 0 Å².